The Morgan fingerprint density at radius 2 is 1.58 bits per heavy atom. The zero-order valence-electron chi connectivity index (χ0n) is 20.3. The molecule has 1 amide bonds. The van der Waals surface area contributed by atoms with Gasteiger partial charge >= 0.3 is 18.0 Å². The van der Waals surface area contributed by atoms with Crippen LogP contribution in [0.3, 0.4) is 0 Å². The number of alkyl halides is 1. The van der Waals surface area contributed by atoms with Gasteiger partial charge in [-0.15, -0.1) is 0 Å². The molecule has 0 saturated heterocycles. The molecule has 0 bridgehead atoms. The molecule has 0 heterocycles. The zero-order valence-corrected chi connectivity index (χ0v) is 20.3. The zero-order chi connectivity index (χ0) is 24.5. The fourth-order valence-electron chi connectivity index (χ4n) is 2.40. The van der Waals surface area contributed by atoms with E-state index in [1.807, 2.05) is 6.92 Å². The Morgan fingerprint density at radius 3 is 2.03 bits per heavy atom. The van der Waals surface area contributed by atoms with Crippen molar-refractivity contribution in [3.05, 3.63) is 12.7 Å². The summed E-state index contributed by atoms with van der Waals surface area (Å²) < 4.78 is 29.1. The number of alkyl carbamates (subject to hydrolysis) is 1. The number of amides is 1. The SMILES string of the molecule is C=CC(C)(C)OC(=O)C(CC(CCCF)C(=O)OC(C)(C)CC)NC(=O)OC(C)(C)C. The number of nitrogens with one attached hydrogen (secondary N) is 1. The van der Waals surface area contributed by atoms with Crippen LogP contribution in [-0.4, -0.2) is 47.6 Å². The van der Waals surface area contributed by atoms with Crippen LogP contribution in [0.1, 0.15) is 81.1 Å². The van der Waals surface area contributed by atoms with Crippen molar-refractivity contribution in [2.45, 2.75) is 104 Å². The molecule has 0 aromatic heterocycles. The smallest absolute Gasteiger partial charge is 0.408 e. The fraction of sp³-hybridized carbons (Fsp3) is 0.783. The van der Waals surface area contributed by atoms with E-state index in [1.54, 1.807) is 48.5 Å². The van der Waals surface area contributed by atoms with Crippen molar-refractivity contribution in [2.24, 2.45) is 5.92 Å². The van der Waals surface area contributed by atoms with Crippen LogP contribution in [0.5, 0.6) is 0 Å². The molecular formula is C23H40FNO6. The number of carbonyl (C=O) groups is 3. The van der Waals surface area contributed by atoms with E-state index in [4.69, 9.17) is 14.2 Å². The molecule has 2 unspecified atom stereocenters. The van der Waals surface area contributed by atoms with E-state index in [2.05, 4.69) is 11.9 Å². The van der Waals surface area contributed by atoms with Crippen LogP contribution in [-0.2, 0) is 23.8 Å². The summed E-state index contributed by atoms with van der Waals surface area (Å²) in [4.78, 5) is 37.9. The lowest BCUT2D eigenvalue weighted by Crippen LogP contribution is -2.48. The lowest BCUT2D eigenvalue weighted by atomic mass is 9.94. The minimum absolute atomic E-state index is 0.107. The van der Waals surface area contributed by atoms with E-state index in [-0.39, 0.29) is 19.3 Å². The van der Waals surface area contributed by atoms with Crippen molar-refractivity contribution in [1.82, 2.24) is 5.32 Å². The Bertz CT molecular complexity index is 624. The van der Waals surface area contributed by atoms with E-state index in [0.717, 1.165) is 0 Å². The highest BCUT2D eigenvalue weighted by atomic mass is 19.1. The largest absolute Gasteiger partial charge is 0.459 e. The molecule has 1 N–H and O–H groups in total. The molecule has 0 saturated carbocycles. The molecule has 0 fully saturated rings. The van der Waals surface area contributed by atoms with Crippen LogP contribution in [0.25, 0.3) is 0 Å². The second kappa shape index (κ2) is 12.1. The highest BCUT2D eigenvalue weighted by Gasteiger charge is 2.35. The van der Waals surface area contributed by atoms with Crippen LogP contribution in [0.15, 0.2) is 12.7 Å². The van der Waals surface area contributed by atoms with Crippen LogP contribution in [0, 0.1) is 5.92 Å². The number of rotatable bonds is 12. The second-order valence-electron chi connectivity index (χ2n) is 9.73. The molecule has 7 nitrogen and oxygen atoms in total. The molecule has 0 aliphatic rings. The van der Waals surface area contributed by atoms with Gasteiger partial charge in [-0.05, 0) is 80.2 Å². The van der Waals surface area contributed by atoms with Gasteiger partial charge in [0.15, 0.2) is 0 Å². The summed E-state index contributed by atoms with van der Waals surface area (Å²) in [5.74, 6) is -2.10. The maximum Gasteiger partial charge on any atom is 0.408 e. The minimum Gasteiger partial charge on any atom is -0.459 e. The lowest BCUT2D eigenvalue weighted by molar-refractivity contribution is -0.164. The molecule has 0 aliphatic heterocycles. The van der Waals surface area contributed by atoms with Crippen LogP contribution >= 0.6 is 0 Å². The van der Waals surface area contributed by atoms with Crippen LogP contribution in [0.2, 0.25) is 0 Å². The van der Waals surface area contributed by atoms with E-state index >= 15 is 0 Å². The molecule has 0 spiro atoms. The first-order valence-corrected chi connectivity index (χ1v) is 10.7. The molecule has 180 valence electrons. The summed E-state index contributed by atoms with van der Waals surface area (Å²) in [6.45, 7) is 16.8. The van der Waals surface area contributed by atoms with Crippen molar-refractivity contribution in [3.63, 3.8) is 0 Å². The summed E-state index contributed by atoms with van der Waals surface area (Å²) >= 11 is 0. The Balaban J connectivity index is 5.69. The molecule has 8 heteroatoms. The van der Waals surface area contributed by atoms with Gasteiger partial charge in [0.25, 0.3) is 0 Å². The maximum atomic E-state index is 12.8. The normalized spacial score (nSPS) is 14.2. The Labute approximate surface area is 186 Å². The third kappa shape index (κ3) is 12.4. The molecule has 2 atom stereocenters. The number of hydrogen-bond acceptors (Lipinski definition) is 6. The summed E-state index contributed by atoms with van der Waals surface area (Å²) in [5, 5.41) is 2.49. The van der Waals surface area contributed by atoms with Gasteiger partial charge in [-0.3, -0.25) is 9.18 Å². The van der Waals surface area contributed by atoms with Crippen molar-refractivity contribution in [1.29, 1.82) is 0 Å². The van der Waals surface area contributed by atoms with Gasteiger partial charge in [0, 0.05) is 0 Å². The monoisotopic (exact) mass is 445 g/mol. The Kier molecular flexibility index (Phi) is 11.2. The lowest BCUT2D eigenvalue weighted by Gasteiger charge is -2.30. The molecule has 31 heavy (non-hydrogen) atoms. The topological polar surface area (TPSA) is 90.9 Å². The summed E-state index contributed by atoms with van der Waals surface area (Å²) in [6, 6.07) is -1.18. The van der Waals surface area contributed by atoms with E-state index < -0.39 is 53.5 Å². The standard InChI is InChI=1S/C23H40FNO6/c1-10-22(6,7)29-18(26)16(13-12-14-24)15-17(19(27)30-23(8,9)11-2)25-20(28)31-21(3,4)5/h11,16-17H,2,10,12-15H2,1,3-9H3,(H,25,28). The first kappa shape index (κ1) is 28.9. The van der Waals surface area contributed by atoms with Crippen molar-refractivity contribution in [3.8, 4) is 0 Å². The van der Waals surface area contributed by atoms with E-state index in [0.29, 0.717) is 6.42 Å². The summed E-state index contributed by atoms with van der Waals surface area (Å²) in [7, 11) is 0. The fourth-order valence-corrected chi connectivity index (χ4v) is 2.40. The van der Waals surface area contributed by atoms with Gasteiger partial charge in [0.2, 0.25) is 0 Å². The quantitative estimate of drug-likeness (QED) is 0.262. The van der Waals surface area contributed by atoms with Crippen LogP contribution < -0.4 is 5.32 Å². The average Bonchev–Trinajstić information content (AvgIpc) is 2.61. The highest BCUT2D eigenvalue weighted by molar-refractivity contribution is 5.83. The highest BCUT2D eigenvalue weighted by Crippen LogP contribution is 2.23. The van der Waals surface area contributed by atoms with E-state index in [9.17, 15) is 18.8 Å². The molecule has 0 aromatic rings. The van der Waals surface area contributed by atoms with Crippen molar-refractivity contribution < 1.29 is 33.0 Å². The van der Waals surface area contributed by atoms with Gasteiger partial charge in [-0.2, -0.15) is 0 Å². The van der Waals surface area contributed by atoms with Gasteiger partial charge in [-0.1, -0.05) is 13.5 Å². The number of hydrogen-bond donors (Lipinski definition) is 1. The predicted molar refractivity (Wildman–Crippen MR) is 117 cm³/mol. The molecule has 0 radical (unpaired) electrons. The Hall–Kier alpha value is -2.12. The van der Waals surface area contributed by atoms with E-state index in [1.165, 1.54) is 6.08 Å². The average molecular weight is 446 g/mol. The van der Waals surface area contributed by atoms with Gasteiger partial charge in [-0.25, -0.2) is 9.59 Å². The Morgan fingerprint density at radius 1 is 1.00 bits per heavy atom. The molecule has 0 aromatic carbocycles. The molecule has 0 aliphatic carbocycles. The first-order valence-electron chi connectivity index (χ1n) is 10.7. The van der Waals surface area contributed by atoms with Gasteiger partial charge < -0.3 is 19.5 Å². The summed E-state index contributed by atoms with van der Waals surface area (Å²) in [5.41, 5.74) is -2.47. The van der Waals surface area contributed by atoms with Gasteiger partial charge in [0.05, 0.1) is 12.6 Å². The minimum atomic E-state index is -1.18. The van der Waals surface area contributed by atoms with Crippen molar-refractivity contribution >= 4 is 18.0 Å². The maximum absolute atomic E-state index is 12.8. The number of esters is 2. The number of carbonyl (C=O) groups excluding carboxylic acids is 3. The molecular weight excluding hydrogens is 405 g/mol. The number of ether oxygens (including phenoxy) is 3. The van der Waals surface area contributed by atoms with Crippen LogP contribution in [0.4, 0.5) is 9.18 Å². The first-order chi connectivity index (χ1) is 14.1. The third-order valence-corrected chi connectivity index (χ3v) is 4.60. The van der Waals surface area contributed by atoms with Gasteiger partial charge in [0.1, 0.15) is 22.8 Å². The third-order valence-electron chi connectivity index (χ3n) is 4.60. The number of halogens is 1. The molecule has 0 rings (SSSR count). The predicted octanol–water partition coefficient (Wildman–Crippen LogP) is 4.88. The second-order valence-corrected chi connectivity index (χ2v) is 9.73. The van der Waals surface area contributed by atoms with Crippen molar-refractivity contribution in [2.75, 3.05) is 6.67 Å². The summed E-state index contributed by atoms with van der Waals surface area (Å²) in [6.07, 6.45) is 1.40.